The number of halogens is 1. The zero-order valence-corrected chi connectivity index (χ0v) is 24.5. The van der Waals surface area contributed by atoms with Crippen molar-refractivity contribution in [2.24, 2.45) is 11.8 Å². The lowest BCUT2D eigenvalue weighted by atomic mass is 9.90. The number of ether oxygens (including phenoxy) is 1. The molecular weight excluding hydrogens is 605 g/mol. The molecule has 0 unspecified atom stereocenters. The molecule has 1 aromatic carbocycles. The third-order valence-electron chi connectivity index (χ3n) is 6.53. The fourth-order valence-corrected chi connectivity index (χ4v) is 4.75. The molecule has 5 atom stereocenters. The number of carbonyl (C=O) groups excluding carboxylic acids is 5. The van der Waals surface area contributed by atoms with Crippen molar-refractivity contribution in [2.75, 3.05) is 13.6 Å². The molecule has 0 radical (unpaired) electrons. The smallest absolute Gasteiger partial charge is 0.328 e. The second-order valence-electron chi connectivity index (χ2n) is 9.92. The molecule has 0 aromatic heterocycles. The number of hydrogen-bond donors (Lipinski definition) is 3. The predicted molar refractivity (Wildman–Crippen MR) is 149 cm³/mol. The maximum atomic E-state index is 13.3. The maximum Gasteiger partial charge on any atom is 0.328 e. The van der Waals surface area contributed by atoms with E-state index in [0.29, 0.717) is 9.13 Å². The van der Waals surface area contributed by atoms with Crippen LogP contribution in [0.4, 0.5) is 0 Å². The van der Waals surface area contributed by atoms with Crippen molar-refractivity contribution in [3.8, 4) is 5.75 Å². The first kappa shape index (κ1) is 31.3. The molecule has 10 nitrogen and oxygen atoms in total. The van der Waals surface area contributed by atoms with Crippen LogP contribution in [-0.2, 0) is 35.1 Å². The number of cyclic esters (lactones) is 1. The van der Waals surface area contributed by atoms with Crippen LogP contribution in [0.25, 0.3) is 0 Å². The molecule has 3 amide bonds. The second-order valence-corrected chi connectivity index (χ2v) is 11.1. The summed E-state index contributed by atoms with van der Waals surface area (Å²) in [6, 6.07) is 2.82. The van der Waals surface area contributed by atoms with Crippen LogP contribution >= 0.6 is 22.6 Å². The second kappa shape index (κ2) is 13.7. The molecule has 1 saturated heterocycles. The first-order chi connectivity index (χ1) is 17.7. The Labute approximate surface area is 236 Å². The fourth-order valence-electron chi connectivity index (χ4n) is 4.17. The zero-order chi connectivity index (χ0) is 28.7. The number of nitrogens with zero attached hydrogens (tertiary/aromatic N) is 1. The average molecular weight is 642 g/mol. The van der Waals surface area contributed by atoms with Crippen LogP contribution in [0.5, 0.6) is 5.75 Å². The monoisotopic (exact) mass is 641 g/mol. The van der Waals surface area contributed by atoms with Crippen molar-refractivity contribution in [3.63, 3.8) is 0 Å². The van der Waals surface area contributed by atoms with Gasteiger partial charge in [-0.05, 0) is 72.5 Å². The summed E-state index contributed by atoms with van der Waals surface area (Å²) in [5, 5.41) is 15.0. The molecule has 38 heavy (non-hydrogen) atoms. The number of hydrogen-bond acceptors (Lipinski definition) is 7. The molecular formula is C27H36IN3O7. The number of esters is 1. The Balaban J connectivity index is 2.35. The van der Waals surface area contributed by atoms with Crippen molar-refractivity contribution < 1.29 is 33.8 Å². The minimum atomic E-state index is -1.02. The highest BCUT2D eigenvalue weighted by Gasteiger charge is 2.31. The first-order valence-corrected chi connectivity index (χ1v) is 13.5. The number of rotatable bonds is 2. The normalized spacial score (nSPS) is 27.2. The number of benzene rings is 1. The van der Waals surface area contributed by atoms with Gasteiger partial charge >= 0.3 is 5.97 Å². The van der Waals surface area contributed by atoms with Gasteiger partial charge in [0.05, 0.1) is 16.2 Å². The van der Waals surface area contributed by atoms with E-state index in [4.69, 9.17) is 4.74 Å². The van der Waals surface area contributed by atoms with Crippen LogP contribution in [0.15, 0.2) is 30.4 Å². The number of nitrogens with one attached hydrogen (secondary N) is 2. The van der Waals surface area contributed by atoms with Crippen molar-refractivity contribution in [1.29, 1.82) is 0 Å². The number of likely N-dealkylation sites (N-methyl/N-ethyl adjacent to an activating group) is 1. The number of phenolic OH excluding ortho intramolecular Hbond substituents is 1. The van der Waals surface area contributed by atoms with E-state index in [1.165, 1.54) is 24.9 Å². The van der Waals surface area contributed by atoms with Crippen LogP contribution in [0.1, 0.15) is 46.1 Å². The molecule has 0 spiro atoms. The summed E-state index contributed by atoms with van der Waals surface area (Å²) in [6.07, 6.45) is -0.127. The van der Waals surface area contributed by atoms with E-state index in [1.807, 2.05) is 22.6 Å². The van der Waals surface area contributed by atoms with E-state index in [-0.39, 0.29) is 42.9 Å². The Kier molecular flexibility index (Phi) is 11.3. The molecule has 0 saturated carbocycles. The van der Waals surface area contributed by atoms with Crippen LogP contribution in [0.3, 0.4) is 0 Å². The molecule has 1 fully saturated rings. The van der Waals surface area contributed by atoms with Gasteiger partial charge in [-0.1, -0.05) is 26.5 Å². The number of amides is 3. The Morgan fingerprint density at radius 2 is 1.74 bits per heavy atom. The quantitative estimate of drug-likeness (QED) is 0.255. The minimum Gasteiger partial charge on any atom is -0.507 e. The minimum absolute atomic E-state index is 0.0916. The van der Waals surface area contributed by atoms with E-state index >= 15 is 0 Å². The van der Waals surface area contributed by atoms with Gasteiger partial charge in [0.25, 0.3) is 0 Å². The van der Waals surface area contributed by atoms with Crippen LogP contribution in [0.2, 0.25) is 0 Å². The molecule has 2 rings (SSSR count). The number of ketones is 1. The Morgan fingerprint density at radius 1 is 1.08 bits per heavy atom. The van der Waals surface area contributed by atoms with Crippen molar-refractivity contribution in [3.05, 3.63) is 39.5 Å². The van der Waals surface area contributed by atoms with Crippen LogP contribution < -0.4 is 10.6 Å². The van der Waals surface area contributed by atoms with Gasteiger partial charge < -0.3 is 25.4 Å². The number of Topliss-reactive ketones (excluding diaryl/α,β-unsaturated/α-hetero) is 1. The van der Waals surface area contributed by atoms with Crippen molar-refractivity contribution in [2.45, 2.75) is 65.1 Å². The SMILES string of the molecule is C=C1C[C@H](C)C(=O)NCC(=O)N(C)[C@H](Cc2ccc(O)c(I)c2)C(=O)N[C@@H](C)C(=O)O[C@@H](C)C[C@@H](C)C1=O. The van der Waals surface area contributed by atoms with E-state index in [2.05, 4.69) is 17.2 Å². The topological polar surface area (TPSA) is 142 Å². The summed E-state index contributed by atoms with van der Waals surface area (Å²) >= 11 is 1.96. The number of phenols is 1. The third kappa shape index (κ3) is 8.53. The lowest BCUT2D eigenvalue weighted by Gasteiger charge is -2.29. The molecule has 1 aliphatic heterocycles. The first-order valence-electron chi connectivity index (χ1n) is 12.4. The standard InChI is InChI=1S/C27H36IN3O7/c1-14-9-16(3)25(35)29-13-23(33)31(6)21(12-19-7-8-22(32)20(28)11-19)26(36)30-18(5)27(37)38-17(4)10-15(2)24(14)34/h7-8,11,15-18,21,32H,1,9-10,12-13H2,2-6H3,(H,29,35)(H,30,36)/t15-,16+,17+,18+,21-/m1/s1. The van der Waals surface area contributed by atoms with E-state index in [1.54, 1.807) is 32.9 Å². The lowest BCUT2D eigenvalue weighted by Crippen LogP contribution is -2.54. The average Bonchev–Trinajstić information content (AvgIpc) is 2.85. The highest BCUT2D eigenvalue weighted by molar-refractivity contribution is 14.1. The largest absolute Gasteiger partial charge is 0.507 e. The summed E-state index contributed by atoms with van der Waals surface area (Å²) in [5.41, 5.74) is 0.972. The third-order valence-corrected chi connectivity index (χ3v) is 7.39. The summed E-state index contributed by atoms with van der Waals surface area (Å²) in [5.74, 6) is -3.42. The molecule has 1 aliphatic rings. The van der Waals surface area contributed by atoms with Gasteiger partial charge in [0.2, 0.25) is 17.7 Å². The highest BCUT2D eigenvalue weighted by atomic mass is 127. The van der Waals surface area contributed by atoms with Crippen LogP contribution in [0, 0.1) is 15.4 Å². The van der Waals surface area contributed by atoms with E-state index in [0.717, 1.165) is 0 Å². The highest BCUT2D eigenvalue weighted by Crippen LogP contribution is 2.22. The van der Waals surface area contributed by atoms with Crippen molar-refractivity contribution in [1.82, 2.24) is 15.5 Å². The van der Waals surface area contributed by atoms with Gasteiger partial charge in [0.1, 0.15) is 17.8 Å². The maximum absolute atomic E-state index is 13.3. The molecule has 11 heteroatoms. The predicted octanol–water partition coefficient (Wildman–Crippen LogP) is 2.11. The van der Waals surface area contributed by atoms with Crippen LogP contribution in [-0.4, -0.2) is 71.3 Å². The van der Waals surface area contributed by atoms with Gasteiger partial charge in [-0.3, -0.25) is 19.2 Å². The Morgan fingerprint density at radius 3 is 2.37 bits per heavy atom. The molecule has 1 aromatic rings. The summed E-state index contributed by atoms with van der Waals surface area (Å²) in [6.45, 7) is 9.96. The molecule has 3 N–H and O–H groups in total. The van der Waals surface area contributed by atoms with Gasteiger partial charge in [-0.2, -0.15) is 0 Å². The molecule has 208 valence electrons. The summed E-state index contributed by atoms with van der Waals surface area (Å²) in [7, 11) is 1.44. The molecule has 0 aliphatic carbocycles. The van der Waals surface area contributed by atoms with Gasteiger partial charge in [0, 0.05) is 25.3 Å². The lowest BCUT2D eigenvalue weighted by molar-refractivity contribution is -0.153. The zero-order valence-electron chi connectivity index (χ0n) is 22.4. The Hall–Kier alpha value is -2.96. The van der Waals surface area contributed by atoms with Gasteiger partial charge in [0.15, 0.2) is 5.78 Å². The number of carbonyl (C=O) groups is 5. The van der Waals surface area contributed by atoms with Gasteiger partial charge in [-0.25, -0.2) is 4.79 Å². The molecule has 1 heterocycles. The summed E-state index contributed by atoms with van der Waals surface area (Å²) < 4.78 is 6.05. The van der Waals surface area contributed by atoms with Gasteiger partial charge in [-0.15, -0.1) is 0 Å². The summed E-state index contributed by atoms with van der Waals surface area (Å²) in [4.78, 5) is 65.6. The number of aromatic hydroxyl groups is 1. The van der Waals surface area contributed by atoms with E-state index in [9.17, 15) is 29.1 Å². The fraction of sp³-hybridized carbons (Fsp3) is 0.519. The van der Waals surface area contributed by atoms with E-state index < -0.39 is 53.7 Å². The number of allylic oxidation sites excluding steroid dienone is 1. The molecule has 0 bridgehead atoms. The Bertz CT molecular complexity index is 1110. The van der Waals surface area contributed by atoms with Crippen molar-refractivity contribution >= 4 is 52.1 Å².